The highest BCUT2D eigenvalue weighted by atomic mass is 16.1. The molecular weight excluding hydrogens is 202 g/mol. The number of rotatable bonds is 5. The van der Waals surface area contributed by atoms with Gasteiger partial charge in [0.1, 0.15) is 0 Å². The van der Waals surface area contributed by atoms with E-state index < -0.39 is 0 Å². The van der Waals surface area contributed by atoms with Gasteiger partial charge in [0.25, 0.3) is 0 Å². The van der Waals surface area contributed by atoms with Gasteiger partial charge < -0.3 is 16.4 Å². The van der Waals surface area contributed by atoms with E-state index in [9.17, 15) is 4.79 Å². The summed E-state index contributed by atoms with van der Waals surface area (Å²) in [7, 11) is 1.96. The second-order valence-corrected chi connectivity index (χ2v) is 4.25. The SMILES string of the molecule is CC(CN(C)Cc1cccc(N)c1)C(N)=O. The lowest BCUT2D eigenvalue weighted by molar-refractivity contribution is -0.121. The molecule has 1 unspecified atom stereocenters. The standard InChI is InChI=1S/C12H19N3O/c1-9(12(14)16)7-15(2)8-10-4-3-5-11(13)6-10/h3-6,9H,7-8,13H2,1-2H3,(H2,14,16). The molecule has 1 rings (SSSR count). The van der Waals surface area contributed by atoms with Crippen LogP contribution >= 0.6 is 0 Å². The van der Waals surface area contributed by atoms with Gasteiger partial charge in [-0.05, 0) is 24.7 Å². The Hall–Kier alpha value is -1.55. The van der Waals surface area contributed by atoms with Crippen LogP contribution in [0.5, 0.6) is 0 Å². The third-order valence-corrected chi connectivity index (χ3v) is 2.47. The minimum atomic E-state index is -0.264. The summed E-state index contributed by atoms with van der Waals surface area (Å²) in [6.45, 7) is 3.25. The first-order valence-corrected chi connectivity index (χ1v) is 5.31. The van der Waals surface area contributed by atoms with E-state index >= 15 is 0 Å². The van der Waals surface area contributed by atoms with Gasteiger partial charge in [0.05, 0.1) is 0 Å². The normalized spacial score (nSPS) is 12.7. The van der Waals surface area contributed by atoms with Crippen molar-refractivity contribution in [3.8, 4) is 0 Å². The monoisotopic (exact) mass is 221 g/mol. The first-order valence-electron chi connectivity index (χ1n) is 5.31. The topological polar surface area (TPSA) is 72.3 Å². The van der Waals surface area contributed by atoms with Crippen LogP contribution in [-0.4, -0.2) is 24.4 Å². The molecule has 4 nitrogen and oxygen atoms in total. The Bertz CT molecular complexity index is 365. The lowest BCUT2D eigenvalue weighted by atomic mass is 10.1. The van der Waals surface area contributed by atoms with Gasteiger partial charge in [0.15, 0.2) is 0 Å². The number of nitrogen functional groups attached to an aromatic ring is 1. The molecular formula is C12H19N3O. The second kappa shape index (κ2) is 5.51. The number of nitrogens with two attached hydrogens (primary N) is 2. The predicted molar refractivity (Wildman–Crippen MR) is 65.5 cm³/mol. The van der Waals surface area contributed by atoms with E-state index in [4.69, 9.17) is 11.5 Å². The van der Waals surface area contributed by atoms with Gasteiger partial charge in [-0.3, -0.25) is 4.79 Å². The van der Waals surface area contributed by atoms with E-state index in [1.165, 1.54) is 0 Å². The summed E-state index contributed by atoms with van der Waals surface area (Å²) in [5.74, 6) is -0.398. The van der Waals surface area contributed by atoms with Gasteiger partial charge in [0.2, 0.25) is 5.91 Å². The van der Waals surface area contributed by atoms with E-state index in [0.29, 0.717) is 6.54 Å². The van der Waals surface area contributed by atoms with Crippen molar-refractivity contribution >= 4 is 11.6 Å². The fourth-order valence-corrected chi connectivity index (χ4v) is 1.63. The first kappa shape index (κ1) is 12.5. The zero-order valence-electron chi connectivity index (χ0n) is 9.81. The van der Waals surface area contributed by atoms with Crippen LogP contribution in [0.2, 0.25) is 0 Å². The average Bonchev–Trinajstić information content (AvgIpc) is 2.16. The first-order chi connectivity index (χ1) is 7.49. The van der Waals surface area contributed by atoms with Gasteiger partial charge in [-0.15, -0.1) is 0 Å². The number of benzene rings is 1. The van der Waals surface area contributed by atoms with E-state index in [2.05, 4.69) is 4.90 Å². The molecule has 0 aliphatic heterocycles. The molecule has 0 heterocycles. The zero-order valence-corrected chi connectivity index (χ0v) is 9.81. The van der Waals surface area contributed by atoms with E-state index in [0.717, 1.165) is 17.8 Å². The van der Waals surface area contributed by atoms with E-state index in [1.54, 1.807) is 0 Å². The highest BCUT2D eigenvalue weighted by Crippen LogP contribution is 2.09. The number of carbonyl (C=O) groups excluding carboxylic acids is 1. The summed E-state index contributed by atoms with van der Waals surface area (Å²) in [5, 5.41) is 0. The summed E-state index contributed by atoms with van der Waals surface area (Å²) in [5.41, 5.74) is 12.8. The summed E-state index contributed by atoms with van der Waals surface area (Å²) < 4.78 is 0. The predicted octanol–water partition coefficient (Wildman–Crippen LogP) is 0.822. The van der Waals surface area contributed by atoms with Crippen molar-refractivity contribution in [2.24, 2.45) is 11.7 Å². The molecule has 4 heteroatoms. The molecule has 16 heavy (non-hydrogen) atoms. The third kappa shape index (κ3) is 3.90. The molecule has 1 aromatic rings. The molecule has 4 N–H and O–H groups in total. The maximum absolute atomic E-state index is 10.9. The van der Waals surface area contributed by atoms with Crippen molar-refractivity contribution in [3.63, 3.8) is 0 Å². The van der Waals surface area contributed by atoms with Gasteiger partial charge >= 0.3 is 0 Å². The molecule has 0 spiro atoms. The van der Waals surface area contributed by atoms with Crippen LogP contribution in [-0.2, 0) is 11.3 Å². The van der Waals surface area contributed by atoms with Crippen LogP contribution in [0.4, 0.5) is 5.69 Å². The number of primary amides is 1. The lowest BCUT2D eigenvalue weighted by Gasteiger charge is -2.19. The quantitative estimate of drug-likeness (QED) is 0.723. The number of carbonyl (C=O) groups is 1. The van der Waals surface area contributed by atoms with Crippen LogP contribution in [0.1, 0.15) is 12.5 Å². The zero-order chi connectivity index (χ0) is 12.1. The van der Waals surface area contributed by atoms with E-state index in [1.807, 2.05) is 38.2 Å². The van der Waals surface area contributed by atoms with Gasteiger partial charge in [-0.2, -0.15) is 0 Å². The van der Waals surface area contributed by atoms with Crippen LogP contribution in [0.3, 0.4) is 0 Å². The Morgan fingerprint density at radius 1 is 1.50 bits per heavy atom. The molecule has 0 saturated carbocycles. The Kier molecular flexibility index (Phi) is 4.31. The molecule has 0 saturated heterocycles. The molecule has 1 atom stereocenters. The molecule has 1 aromatic carbocycles. The Morgan fingerprint density at radius 3 is 2.75 bits per heavy atom. The van der Waals surface area contributed by atoms with E-state index in [-0.39, 0.29) is 11.8 Å². The van der Waals surface area contributed by atoms with Crippen molar-refractivity contribution in [2.75, 3.05) is 19.3 Å². The van der Waals surface area contributed by atoms with Crippen LogP contribution < -0.4 is 11.5 Å². The van der Waals surface area contributed by atoms with Crippen molar-refractivity contribution in [1.29, 1.82) is 0 Å². The molecule has 0 radical (unpaired) electrons. The van der Waals surface area contributed by atoms with Crippen molar-refractivity contribution in [2.45, 2.75) is 13.5 Å². The maximum Gasteiger partial charge on any atom is 0.221 e. The van der Waals surface area contributed by atoms with Crippen molar-refractivity contribution < 1.29 is 4.79 Å². The van der Waals surface area contributed by atoms with Crippen molar-refractivity contribution in [3.05, 3.63) is 29.8 Å². The highest BCUT2D eigenvalue weighted by molar-refractivity contribution is 5.76. The lowest BCUT2D eigenvalue weighted by Crippen LogP contribution is -2.32. The molecule has 0 bridgehead atoms. The summed E-state index contributed by atoms with van der Waals surface area (Å²) in [6.07, 6.45) is 0. The Balaban J connectivity index is 2.51. The van der Waals surface area contributed by atoms with Crippen LogP contribution in [0, 0.1) is 5.92 Å². The largest absolute Gasteiger partial charge is 0.399 e. The van der Waals surface area contributed by atoms with Gasteiger partial charge in [-0.1, -0.05) is 19.1 Å². The Labute approximate surface area is 96.2 Å². The molecule has 0 aliphatic rings. The number of anilines is 1. The van der Waals surface area contributed by atoms with Crippen LogP contribution in [0.25, 0.3) is 0 Å². The number of nitrogens with zero attached hydrogens (tertiary/aromatic N) is 1. The third-order valence-electron chi connectivity index (χ3n) is 2.47. The van der Waals surface area contributed by atoms with Gasteiger partial charge in [0, 0.05) is 24.7 Å². The maximum atomic E-state index is 10.9. The molecule has 0 aromatic heterocycles. The Morgan fingerprint density at radius 2 is 2.19 bits per heavy atom. The fraction of sp³-hybridized carbons (Fsp3) is 0.417. The molecule has 0 aliphatic carbocycles. The average molecular weight is 221 g/mol. The number of amides is 1. The highest BCUT2D eigenvalue weighted by Gasteiger charge is 2.11. The summed E-state index contributed by atoms with van der Waals surface area (Å²) >= 11 is 0. The fourth-order valence-electron chi connectivity index (χ4n) is 1.63. The molecule has 88 valence electrons. The molecule has 0 fully saturated rings. The summed E-state index contributed by atoms with van der Waals surface area (Å²) in [4.78, 5) is 13.0. The number of hydrogen-bond donors (Lipinski definition) is 2. The van der Waals surface area contributed by atoms with Crippen molar-refractivity contribution in [1.82, 2.24) is 4.90 Å². The number of hydrogen-bond acceptors (Lipinski definition) is 3. The molecule has 1 amide bonds. The van der Waals surface area contributed by atoms with Crippen LogP contribution in [0.15, 0.2) is 24.3 Å². The summed E-state index contributed by atoms with van der Waals surface area (Å²) in [6, 6.07) is 7.73. The van der Waals surface area contributed by atoms with Gasteiger partial charge in [-0.25, -0.2) is 0 Å². The minimum Gasteiger partial charge on any atom is -0.399 e. The smallest absolute Gasteiger partial charge is 0.221 e. The minimum absolute atomic E-state index is 0.133. The second-order valence-electron chi connectivity index (χ2n) is 4.25.